The fourth-order valence-corrected chi connectivity index (χ4v) is 4.10. The summed E-state index contributed by atoms with van der Waals surface area (Å²) >= 11 is 3.73. The molecule has 11 heteroatoms. The van der Waals surface area contributed by atoms with Crippen molar-refractivity contribution in [2.75, 3.05) is 5.33 Å². The molecular weight excluding hydrogens is 224 g/mol. The lowest BCUT2D eigenvalue weighted by atomic mass is 8.89. The minimum Gasteiger partial charge on any atom is -0.104 e. The highest BCUT2D eigenvalue weighted by Crippen LogP contribution is 2.55. The molecular formula is C3H13B10Br. The molecule has 2 fully saturated rings. The van der Waals surface area contributed by atoms with Gasteiger partial charge in [-0.05, 0) is 5.33 Å². The standard InChI is InChI=1S/C3H13B10Br/c14-1-3-2(4-3)5-7-9-11-13-12-10-8-6-3/h2,4-13H,1H2. The van der Waals surface area contributed by atoms with Crippen molar-refractivity contribution in [3.63, 3.8) is 0 Å². The second kappa shape index (κ2) is 5.46. The molecule has 2 aliphatic heterocycles. The lowest BCUT2D eigenvalue weighted by Crippen LogP contribution is -2.31. The average molecular weight is 237 g/mol. The number of hydrogen-bond donors (Lipinski definition) is 0. The fraction of sp³-hybridized carbons (Fsp3) is 1.00. The van der Waals surface area contributed by atoms with Gasteiger partial charge < -0.3 is 0 Å². The zero-order valence-electron chi connectivity index (χ0n) is 9.23. The Hall–Kier alpha value is 1.13. The normalized spacial score (nSPS) is 33.9. The van der Waals surface area contributed by atoms with Crippen molar-refractivity contribution in [2.45, 2.75) is 10.9 Å². The molecule has 2 aliphatic rings. The Morgan fingerprint density at radius 2 is 1.57 bits per heavy atom. The molecule has 2 atom stereocenters. The second-order valence-electron chi connectivity index (χ2n) is 5.41. The van der Waals surface area contributed by atoms with Gasteiger partial charge in [0.15, 0.2) is 0 Å². The first-order valence-corrected chi connectivity index (χ1v) is 7.55. The van der Waals surface area contributed by atoms with Crippen molar-refractivity contribution in [2.24, 2.45) is 0 Å². The molecule has 0 aromatic carbocycles. The molecule has 0 aliphatic carbocycles. The Kier molecular flexibility index (Phi) is 4.52. The van der Waals surface area contributed by atoms with Crippen molar-refractivity contribution in [1.29, 1.82) is 0 Å². The summed E-state index contributed by atoms with van der Waals surface area (Å²) in [5, 5.41) is 2.02. The van der Waals surface area contributed by atoms with Gasteiger partial charge in [-0.1, -0.05) is 21.1 Å². The molecule has 0 saturated carbocycles. The van der Waals surface area contributed by atoms with Crippen molar-refractivity contribution < 1.29 is 0 Å². The summed E-state index contributed by atoms with van der Waals surface area (Å²) in [5.74, 6) is 0. The predicted octanol–water partition coefficient (Wildman–Crippen LogP) is -5.04. The number of rotatable bonds is 1. The van der Waals surface area contributed by atoms with Crippen LogP contribution in [0.25, 0.3) is 0 Å². The first-order valence-electron chi connectivity index (χ1n) is 6.43. The predicted molar refractivity (Wildman–Crippen MR) is 91.7 cm³/mol. The molecule has 0 bridgehead atoms. The van der Waals surface area contributed by atoms with Crippen LogP contribution in [0.4, 0.5) is 0 Å². The number of fused-ring (bicyclic) bond motifs is 1. The van der Waals surface area contributed by atoms with Crippen LogP contribution in [0.1, 0.15) is 0 Å². The topological polar surface area (TPSA) is 0 Å². The van der Waals surface area contributed by atoms with Crippen molar-refractivity contribution in [1.82, 2.24) is 0 Å². The Morgan fingerprint density at radius 3 is 2.29 bits per heavy atom. The maximum atomic E-state index is 3.73. The highest BCUT2D eigenvalue weighted by molar-refractivity contribution is 9.09. The number of hydrogen-bond acceptors (Lipinski definition) is 0. The van der Waals surface area contributed by atoms with Crippen LogP contribution < -0.4 is 0 Å². The largest absolute Gasteiger partial charge is 0.112 e. The van der Waals surface area contributed by atoms with Gasteiger partial charge in [0.2, 0.25) is 0 Å². The van der Waals surface area contributed by atoms with Crippen LogP contribution in [0.15, 0.2) is 0 Å². The summed E-state index contributed by atoms with van der Waals surface area (Å²) in [5.41, 5.74) is 1.08. The molecule has 2 saturated heterocycles. The first-order chi connectivity index (χ1) is 6.87. The third kappa shape index (κ3) is 2.83. The summed E-state index contributed by atoms with van der Waals surface area (Å²) in [6, 6.07) is 0. The highest BCUT2D eigenvalue weighted by Gasteiger charge is 2.52. The van der Waals surface area contributed by atoms with Crippen LogP contribution in [-0.2, 0) is 0 Å². The molecule has 14 heavy (non-hydrogen) atoms. The summed E-state index contributed by atoms with van der Waals surface area (Å²) in [7, 11) is 15.0. The van der Waals surface area contributed by atoms with Gasteiger partial charge in [-0.3, -0.25) is 0 Å². The van der Waals surface area contributed by atoms with E-state index in [9.17, 15) is 0 Å². The Balaban J connectivity index is 1.83. The van der Waals surface area contributed by atoms with E-state index in [4.69, 9.17) is 0 Å². The monoisotopic (exact) mass is 238 g/mol. The van der Waals surface area contributed by atoms with Crippen LogP contribution >= 0.6 is 15.9 Å². The van der Waals surface area contributed by atoms with E-state index >= 15 is 0 Å². The molecule has 2 heterocycles. The van der Waals surface area contributed by atoms with Crippen LogP contribution in [0, 0.1) is 0 Å². The van der Waals surface area contributed by atoms with E-state index in [1.807, 2.05) is 0 Å². The summed E-state index contributed by atoms with van der Waals surface area (Å²) in [4.78, 5) is 0. The van der Waals surface area contributed by atoms with E-state index < -0.39 is 0 Å². The van der Waals surface area contributed by atoms with Gasteiger partial charge in [-0.25, -0.2) is 0 Å². The van der Waals surface area contributed by atoms with Gasteiger partial charge in [0.05, 0.1) is 14.3 Å². The molecule has 0 radical (unpaired) electrons. The summed E-state index contributed by atoms with van der Waals surface area (Å²) in [6.07, 6.45) is 0. The maximum Gasteiger partial charge on any atom is 0.112 e. The fourth-order valence-electron chi connectivity index (χ4n) is 3.13. The van der Waals surface area contributed by atoms with Gasteiger partial charge in [0, 0.05) is 49.4 Å². The molecule has 0 aromatic rings. The lowest BCUT2D eigenvalue weighted by Gasteiger charge is -2.12. The SMILES string of the molecule is BrCC12BBBBBBBBBC1B2. The molecule has 2 rings (SSSR count). The molecule has 0 aromatic heterocycles. The minimum absolute atomic E-state index is 0.754. The molecule has 0 N–H and O–H groups in total. The highest BCUT2D eigenvalue weighted by atomic mass is 79.9. The summed E-state index contributed by atoms with van der Waals surface area (Å²) < 4.78 is 0. The van der Waals surface area contributed by atoms with E-state index in [1.165, 1.54) is 76.4 Å². The molecule has 0 spiro atoms. The summed E-state index contributed by atoms with van der Waals surface area (Å²) in [6.45, 7) is 0. The van der Waals surface area contributed by atoms with E-state index in [1.54, 1.807) is 0 Å². The molecule has 0 amide bonds. The first kappa shape index (κ1) is 11.6. The van der Waals surface area contributed by atoms with E-state index in [0.29, 0.717) is 0 Å². The van der Waals surface area contributed by atoms with Crippen molar-refractivity contribution >= 4 is 87.0 Å². The Labute approximate surface area is 103 Å². The smallest absolute Gasteiger partial charge is 0.104 e. The van der Waals surface area contributed by atoms with Gasteiger partial charge in [-0.2, -0.15) is 0 Å². The molecule has 0 nitrogen and oxygen atoms in total. The van der Waals surface area contributed by atoms with Gasteiger partial charge in [-0.15, -0.1) is 5.72 Å². The van der Waals surface area contributed by atoms with Gasteiger partial charge >= 0.3 is 0 Å². The van der Waals surface area contributed by atoms with Crippen molar-refractivity contribution in [3.8, 4) is 0 Å². The second-order valence-corrected chi connectivity index (χ2v) is 5.97. The lowest BCUT2D eigenvalue weighted by molar-refractivity contribution is 1.08. The zero-order chi connectivity index (χ0) is 9.86. The van der Waals surface area contributed by atoms with E-state index in [2.05, 4.69) is 15.9 Å². The van der Waals surface area contributed by atoms with E-state index in [0.717, 1.165) is 10.9 Å². The third-order valence-electron chi connectivity index (χ3n) is 4.35. The van der Waals surface area contributed by atoms with Crippen LogP contribution in [-0.4, -0.2) is 76.4 Å². The number of halogens is 1. The Morgan fingerprint density at radius 1 is 0.929 bits per heavy atom. The van der Waals surface area contributed by atoms with Crippen LogP contribution in [0.3, 0.4) is 0 Å². The quantitative estimate of drug-likeness (QED) is 0.316. The van der Waals surface area contributed by atoms with E-state index in [-0.39, 0.29) is 0 Å². The van der Waals surface area contributed by atoms with Crippen LogP contribution in [0.5, 0.6) is 0 Å². The third-order valence-corrected chi connectivity index (χ3v) is 5.47. The van der Waals surface area contributed by atoms with Gasteiger partial charge in [0.1, 0.15) is 7.28 Å². The molecule has 62 valence electrons. The Bertz CT molecular complexity index is 188. The van der Waals surface area contributed by atoms with Crippen molar-refractivity contribution in [3.05, 3.63) is 0 Å². The molecule has 2 unspecified atom stereocenters. The van der Waals surface area contributed by atoms with Crippen LogP contribution in [0.2, 0.25) is 10.9 Å². The zero-order valence-corrected chi connectivity index (χ0v) is 10.8. The van der Waals surface area contributed by atoms with Gasteiger partial charge in [0.25, 0.3) is 0 Å². The average Bonchev–Trinajstić information content (AvgIpc) is 2.88. The minimum atomic E-state index is 0.754. The maximum absolute atomic E-state index is 3.73. The number of alkyl halides is 1.